The zero-order valence-electron chi connectivity index (χ0n) is 10.7. The van der Waals surface area contributed by atoms with E-state index in [2.05, 4.69) is 12.2 Å². The number of rotatable bonds is 3. The first-order chi connectivity index (χ1) is 8.66. The molecule has 1 amide bonds. The average Bonchev–Trinajstić information content (AvgIpc) is 2.37. The minimum Gasteiger partial charge on any atom is -0.374 e. The van der Waals surface area contributed by atoms with Gasteiger partial charge in [0.05, 0.1) is 12.2 Å². The minimum atomic E-state index is -0.322. The molecule has 1 atom stereocenters. The van der Waals surface area contributed by atoms with Crippen molar-refractivity contribution in [3.63, 3.8) is 0 Å². The van der Waals surface area contributed by atoms with Gasteiger partial charge in [-0.1, -0.05) is 19.1 Å². The van der Waals surface area contributed by atoms with Gasteiger partial charge in [-0.3, -0.25) is 4.79 Å². The van der Waals surface area contributed by atoms with E-state index in [1.165, 1.54) is 12.5 Å². The van der Waals surface area contributed by atoms with Crippen molar-refractivity contribution in [3.05, 3.63) is 30.1 Å². The van der Waals surface area contributed by atoms with Crippen molar-refractivity contribution in [2.24, 2.45) is 5.92 Å². The molecule has 1 aliphatic heterocycles. The molecular formula is C14H19FN2O. The van der Waals surface area contributed by atoms with Crippen LogP contribution in [0, 0.1) is 11.7 Å². The van der Waals surface area contributed by atoms with E-state index in [1.807, 2.05) is 4.90 Å². The van der Waals surface area contributed by atoms with Gasteiger partial charge in [0.1, 0.15) is 5.82 Å². The van der Waals surface area contributed by atoms with Gasteiger partial charge in [-0.15, -0.1) is 0 Å². The summed E-state index contributed by atoms with van der Waals surface area (Å²) in [4.78, 5) is 13.8. The number of anilines is 1. The fourth-order valence-electron chi connectivity index (χ4n) is 2.30. The van der Waals surface area contributed by atoms with Crippen molar-refractivity contribution in [3.8, 4) is 0 Å². The largest absolute Gasteiger partial charge is 0.374 e. The Hall–Kier alpha value is -1.58. The Balaban J connectivity index is 1.86. The number of amides is 1. The smallest absolute Gasteiger partial charge is 0.241 e. The van der Waals surface area contributed by atoms with Gasteiger partial charge in [-0.2, -0.15) is 0 Å². The molecule has 1 unspecified atom stereocenters. The maximum Gasteiger partial charge on any atom is 0.241 e. The molecule has 0 bridgehead atoms. The van der Waals surface area contributed by atoms with Gasteiger partial charge >= 0.3 is 0 Å². The van der Waals surface area contributed by atoms with E-state index in [1.54, 1.807) is 18.2 Å². The number of carbonyl (C=O) groups excluding carboxylic acids is 1. The van der Waals surface area contributed by atoms with Gasteiger partial charge in [0, 0.05) is 13.1 Å². The summed E-state index contributed by atoms with van der Waals surface area (Å²) in [6.45, 7) is 3.96. The number of piperidine rings is 1. The molecule has 1 aromatic rings. The predicted octanol–water partition coefficient (Wildman–Crippen LogP) is 2.50. The van der Waals surface area contributed by atoms with Gasteiger partial charge in [-0.05, 0) is 30.9 Å². The number of halogens is 1. The van der Waals surface area contributed by atoms with Crippen molar-refractivity contribution in [2.45, 2.75) is 19.8 Å². The Labute approximate surface area is 107 Å². The highest BCUT2D eigenvalue weighted by Gasteiger charge is 2.20. The Morgan fingerprint density at radius 2 is 2.28 bits per heavy atom. The van der Waals surface area contributed by atoms with Gasteiger partial charge in [-0.25, -0.2) is 4.39 Å². The number of hydrogen-bond acceptors (Lipinski definition) is 2. The number of likely N-dealkylation sites (tertiary alicyclic amines) is 1. The number of hydrogen-bond donors (Lipinski definition) is 1. The number of carbonyl (C=O) groups is 1. The molecular weight excluding hydrogens is 231 g/mol. The van der Waals surface area contributed by atoms with Gasteiger partial charge in [0.2, 0.25) is 5.91 Å². The summed E-state index contributed by atoms with van der Waals surface area (Å²) < 4.78 is 13.4. The lowest BCUT2D eigenvalue weighted by atomic mass is 10.0. The van der Waals surface area contributed by atoms with Crippen LogP contribution in [-0.2, 0) is 4.79 Å². The van der Waals surface area contributed by atoms with Crippen molar-refractivity contribution < 1.29 is 9.18 Å². The second kappa shape index (κ2) is 5.85. The van der Waals surface area contributed by atoms with E-state index in [4.69, 9.17) is 0 Å². The molecule has 0 aromatic heterocycles. The summed E-state index contributed by atoms with van der Waals surface area (Å²) >= 11 is 0. The number of para-hydroxylation sites is 1. The Bertz CT molecular complexity index is 422. The maximum atomic E-state index is 13.4. The molecule has 0 aliphatic carbocycles. The average molecular weight is 250 g/mol. The monoisotopic (exact) mass is 250 g/mol. The lowest BCUT2D eigenvalue weighted by Gasteiger charge is -2.31. The van der Waals surface area contributed by atoms with Crippen molar-refractivity contribution in [1.29, 1.82) is 0 Å². The second-order valence-corrected chi connectivity index (χ2v) is 4.92. The van der Waals surface area contributed by atoms with Crippen LogP contribution in [-0.4, -0.2) is 30.4 Å². The Morgan fingerprint density at radius 3 is 3.00 bits per heavy atom. The Morgan fingerprint density at radius 1 is 1.50 bits per heavy atom. The summed E-state index contributed by atoms with van der Waals surface area (Å²) in [7, 11) is 0. The molecule has 1 aromatic carbocycles. The summed E-state index contributed by atoms with van der Waals surface area (Å²) in [6.07, 6.45) is 2.25. The lowest BCUT2D eigenvalue weighted by molar-refractivity contribution is -0.130. The van der Waals surface area contributed by atoms with Crippen LogP contribution in [0.2, 0.25) is 0 Å². The summed E-state index contributed by atoms with van der Waals surface area (Å²) in [6, 6.07) is 6.41. The molecule has 1 saturated heterocycles. The van der Waals surface area contributed by atoms with E-state index in [-0.39, 0.29) is 18.3 Å². The molecule has 1 aliphatic rings. The lowest BCUT2D eigenvalue weighted by Crippen LogP contribution is -2.42. The topological polar surface area (TPSA) is 32.3 Å². The molecule has 0 radical (unpaired) electrons. The summed E-state index contributed by atoms with van der Waals surface area (Å²) in [5, 5.41) is 2.86. The van der Waals surface area contributed by atoms with Gasteiger partial charge < -0.3 is 10.2 Å². The standard InChI is InChI=1S/C14H19FN2O/c1-11-5-4-8-17(10-11)14(18)9-16-13-7-3-2-6-12(13)15/h2-3,6-7,11,16H,4-5,8-10H2,1H3. The molecule has 0 spiro atoms. The van der Waals surface area contributed by atoms with E-state index >= 15 is 0 Å². The van der Waals surface area contributed by atoms with Crippen molar-refractivity contribution in [2.75, 3.05) is 25.0 Å². The zero-order valence-corrected chi connectivity index (χ0v) is 10.7. The van der Waals surface area contributed by atoms with Crippen LogP contribution >= 0.6 is 0 Å². The second-order valence-electron chi connectivity index (χ2n) is 4.92. The van der Waals surface area contributed by atoms with E-state index in [0.29, 0.717) is 11.6 Å². The van der Waals surface area contributed by atoms with Crippen LogP contribution in [0.3, 0.4) is 0 Å². The third-order valence-electron chi connectivity index (χ3n) is 3.31. The zero-order chi connectivity index (χ0) is 13.0. The first kappa shape index (κ1) is 12.9. The minimum absolute atomic E-state index is 0.0461. The summed E-state index contributed by atoms with van der Waals surface area (Å²) in [5.74, 6) is 0.290. The third-order valence-corrected chi connectivity index (χ3v) is 3.31. The van der Waals surface area contributed by atoms with Crippen LogP contribution < -0.4 is 5.32 Å². The van der Waals surface area contributed by atoms with Crippen molar-refractivity contribution in [1.82, 2.24) is 4.90 Å². The van der Waals surface area contributed by atoms with E-state index in [9.17, 15) is 9.18 Å². The quantitative estimate of drug-likeness (QED) is 0.894. The first-order valence-electron chi connectivity index (χ1n) is 6.43. The van der Waals surface area contributed by atoms with Crippen LogP contribution in [0.1, 0.15) is 19.8 Å². The van der Waals surface area contributed by atoms with Crippen LogP contribution in [0.5, 0.6) is 0 Å². The molecule has 4 heteroatoms. The van der Waals surface area contributed by atoms with E-state index in [0.717, 1.165) is 19.5 Å². The molecule has 2 rings (SSSR count). The molecule has 1 N–H and O–H groups in total. The van der Waals surface area contributed by atoms with Gasteiger partial charge in [0.15, 0.2) is 0 Å². The van der Waals surface area contributed by atoms with Crippen molar-refractivity contribution >= 4 is 11.6 Å². The maximum absolute atomic E-state index is 13.4. The first-order valence-corrected chi connectivity index (χ1v) is 6.43. The Kier molecular flexibility index (Phi) is 4.18. The van der Waals surface area contributed by atoms with Crippen LogP contribution in [0.15, 0.2) is 24.3 Å². The summed E-state index contributed by atoms with van der Waals surface area (Å²) in [5.41, 5.74) is 0.385. The van der Waals surface area contributed by atoms with Crippen LogP contribution in [0.4, 0.5) is 10.1 Å². The predicted molar refractivity (Wildman–Crippen MR) is 69.9 cm³/mol. The molecule has 3 nitrogen and oxygen atoms in total. The van der Waals surface area contributed by atoms with Gasteiger partial charge in [0.25, 0.3) is 0 Å². The molecule has 18 heavy (non-hydrogen) atoms. The normalized spacial score (nSPS) is 19.7. The molecule has 1 fully saturated rings. The van der Waals surface area contributed by atoms with Crippen LogP contribution in [0.25, 0.3) is 0 Å². The fraction of sp³-hybridized carbons (Fsp3) is 0.500. The number of nitrogens with one attached hydrogen (secondary N) is 1. The van der Waals surface area contributed by atoms with E-state index < -0.39 is 0 Å². The fourth-order valence-corrected chi connectivity index (χ4v) is 2.30. The SMILES string of the molecule is CC1CCCN(C(=O)CNc2ccccc2F)C1. The third kappa shape index (κ3) is 3.22. The number of nitrogens with zero attached hydrogens (tertiary/aromatic N) is 1. The number of benzene rings is 1. The highest BCUT2D eigenvalue weighted by molar-refractivity contribution is 5.81. The molecule has 1 heterocycles. The molecule has 0 saturated carbocycles. The highest BCUT2D eigenvalue weighted by Crippen LogP contribution is 2.16. The molecule has 98 valence electrons. The highest BCUT2D eigenvalue weighted by atomic mass is 19.1.